The van der Waals surface area contributed by atoms with E-state index in [0.29, 0.717) is 12.1 Å². The van der Waals surface area contributed by atoms with Gasteiger partial charge < -0.3 is 5.11 Å². The van der Waals surface area contributed by atoms with E-state index in [-0.39, 0.29) is 5.56 Å². The summed E-state index contributed by atoms with van der Waals surface area (Å²) in [7, 11) is 0. The van der Waals surface area contributed by atoms with Crippen LogP contribution in [0, 0.1) is 29.1 Å². The fourth-order valence-electron chi connectivity index (χ4n) is 1.61. The van der Waals surface area contributed by atoms with E-state index in [0.717, 1.165) is 18.2 Å². The van der Waals surface area contributed by atoms with Gasteiger partial charge in [0.05, 0.1) is 0 Å². The summed E-state index contributed by atoms with van der Waals surface area (Å²) < 4.78 is 64.9. The maximum Gasteiger partial charge on any atom is 0.194 e. The van der Waals surface area contributed by atoms with Gasteiger partial charge in [-0.15, -0.1) is 0 Å². The summed E-state index contributed by atoms with van der Waals surface area (Å²) in [6.45, 7) is 0. The molecule has 2 rings (SSSR count). The zero-order valence-electron chi connectivity index (χ0n) is 9.30. The Kier molecular flexibility index (Phi) is 3.53. The maximum absolute atomic E-state index is 13.4. The normalized spacial score (nSPS) is 12.5. The highest BCUT2D eigenvalue weighted by Crippen LogP contribution is 2.27. The molecule has 1 atom stereocenters. The van der Waals surface area contributed by atoms with Gasteiger partial charge in [0, 0.05) is 5.56 Å². The number of hydrogen-bond donors (Lipinski definition) is 1. The third-order valence-corrected chi connectivity index (χ3v) is 2.62. The first-order chi connectivity index (χ1) is 8.91. The molecule has 0 amide bonds. The molecular weight excluding hydrogens is 267 g/mol. The molecule has 1 unspecified atom stereocenters. The van der Waals surface area contributed by atoms with Crippen LogP contribution in [0.3, 0.4) is 0 Å². The highest BCUT2D eigenvalue weighted by molar-refractivity contribution is 5.32. The number of benzene rings is 2. The zero-order valence-corrected chi connectivity index (χ0v) is 9.30. The summed E-state index contributed by atoms with van der Waals surface area (Å²) in [6.07, 6.45) is -1.73. The molecule has 1 N–H and O–H groups in total. The van der Waals surface area contributed by atoms with Crippen molar-refractivity contribution >= 4 is 0 Å². The predicted molar refractivity (Wildman–Crippen MR) is 56.7 cm³/mol. The molecule has 0 radical (unpaired) electrons. The summed E-state index contributed by atoms with van der Waals surface area (Å²) in [4.78, 5) is 0. The third-order valence-electron chi connectivity index (χ3n) is 2.62. The number of rotatable bonds is 2. The molecule has 2 aromatic rings. The van der Waals surface area contributed by atoms with Crippen LogP contribution in [-0.2, 0) is 0 Å². The zero-order chi connectivity index (χ0) is 14.2. The van der Waals surface area contributed by atoms with E-state index >= 15 is 0 Å². The molecule has 0 spiro atoms. The number of aliphatic hydroxyl groups is 1. The van der Waals surface area contributed by atoms with Gasteiger partial charge in [-0.05, 0) is 23.8 Å². The molecule has 0 saturated carbocycles. The Labute approximate surface area is 104 Å². The van der Waals surface area contributed by atoms with Crippen LogP contribution >= 0.6 is 0 Å². The minimum absolute atomic E-state index is 0.177. The van der Waals surface area contributed by atoms with Crippen molar-refractivity contribution < 1.29 is 27.1 Å². The van der Waals surface area contributed by atoms with Crippen molar-refractivity contribution in [1.82, 2.24) is 0 Å². The highest BCUT2D eigenvalue weighted by Gasteiger charge is 2.21. The lowest BCUT2D eigenvalue weighted by molar-refractivity contribution is 0.212. The summed E-state index contributed by atoms with van der Waals surface area (Å²) in [5.41, 5.74) is -0.742. The van der Waals surface area contributed by atoms with Crippen LogP contribution in [-0.4, -0.2) is 5.11 Å². The van der Waals surface area contributed by atoms with Crippen molar-refractivity contribution in [3.8, 4) is 0 Å². The van der Waals surface area contributed by atoms with Gasteiger partial charge >= 0.3 is 0 Å². The van der Waals surface area contributed by atoms with E-state index in [9.17, 15) is 27.1 Å². The van der Waals surface area contributed by atoms with E-state index < -0.39 is 40.8 Å². The second-order valence-electron chi connectivity index (χ2n) is 3.84. The van der Waals surface area contributed by atoms with Gasteiger partial charge in [0.1, 0.15) is 6.10 Å². The predicted octanol–water partition coefficient (Wildman–Crippen LogP) is 3.46. The molecule has 100 valence electrons. The molecule has 2 aromatic carbocycles. The SMILES string of the molecule is OC(c1ccc(F)c(F)c1)c1ccc(F)c(F)c1F. The van der Waals surface area contributed by atoms with Gasteiger partial charge in [-0.3, -0.25) is 0 Å². The average Bonchev–Trinajstić information content (AvgIpc) is 2.39. The second-order valence-corrected chi connectivity index (χ2v) is 3.84. The first kappa shape index (κ1) is 13.5. The Morgan fingerprint density at radius 1 is 0.737 bits per heavy atom. The molecule has 6 heteroatoms. The van der Waals surface area contributed by atoms with Gasteiger partial charge in [0.25, 0.3) is 0 Å². The van der Waals surface area contributed by atoms with E-state index in [1.165, 1.54) is 0 Å². The molecular formula is C13H7F5O. The van der Waals surface area contributed by atoms with Crippen molar-refractivity contribution in [1.29, 1.82) is 0 Å². The first-order valence-electron chi connectivity index (χ1n) is 5.18. The smallest absolute Gasteiger partial charge is 0.194 e. The molecule has 1 nitrogen and oxygen atoms in total. The molecule has 0 aromatic heterocycles. The van der Waals surface area contributed by atoms with Gasteiger partial charge in [-0.2, -0.15) is 0 Å². The quantitative estimate of drug-likeness (QED) is 0.656. The van der Waals surface area contributed by atoms with Crippen molar-refractivity contribution in [2.45, 2.75) is 6.10 Å². The maximum atomic E-state index is 13.4. The van der Waals surface area contributed by atoms with Crippen molar-refractivity contribution in [2.24, 2.45) is 0 Å². The van der Waals surface area contributed by atoms with Crippen molar-refractivity contribution in [3.05, 3.63) is 70.5 Å². The lowest BCUT2D eigenvalue weighted by atomic mass is 10.0. The largest absolute Gasteiger partial charge is 0.384 e. The summed E-state index contributed by atoms with van der Waals surface area (Å²) in [5, 5.41) is 9.79. The molecule has 0 aliphatic heterocycles. The molecule has 0 aliphatic carbocycles. The Balaban J connectivity index is 2.47. The summed E-state index contributed by atoms with van der Waals surface area (Å²) >= 11 is 0. The monoisotopic (exact) mass is 274 g/mol. The lowest BCUT2D eigenvalue weighted by Gasteiger charge is -2.13. The van der Waals surface area contributed by atoms with Crippen LogP contribution in [0.2, 0.25) is 0 Å². The highest BCUT2D eigenvalue weighted by atomic mass is 19.2. The van der Waals surface area contributed by atoms with Crippen LogP contribution in [0.1, 0.15) is 17.2 Å². The van der Waals surface area contributed by atoms with E-state index in [2.05, 4.69) is 0 Å². The Morgan fingerprint density at radius 2 is 1.37 bits per heavy atom. The van der Waals surface area contributed by atoms with Crippen LogP contribution in [0.5, 0.6) is 0 Å². The summed E-state index contributed by atoms with van der Waals surface area (Å²) in [6, 6.07) is 3.88. The van der Waals surface area contributed by atoms with Crippen molar-refractivity contribution in [2.75, 3.05) is 0 Å². The molecule has 0 heterocycles. The van der Waals surface area contributed by atoms with Gasteiger partial charge in [-0.25, -0.2) is 22.0 Å². The van der Waals surface area contributed by atoms with Crippen LogP contribution in [0.4, 0.5) is 22.0 Å². The van der Waals surface area contributed by atoms with E-state index in [1.807, 2.05) is 0 Å². The average molecular weight is 274 g/mol. The Hall–Kier alpha value is -1.95. The van der Waals surface area contributed by atoms with Gasteiger partial charge in [-0.1, -0.05) is 12.1 Å². The lowest BCUT2D eigenvalue weighted by Crippen LogP contribution is -2.06. The minimum Gasteiger partial charge on any atom is -0.384 e. The topological polar surface area (TPSA) is 20.2 Å². The number of aliphatic hydroxyl groups excluding tert-OH is 1. The molecule has 0 bridgehead atoms. The Bertz CT molecular complexity index is 627. The molecule has 0 fully saturated rings. The van der Waals surface area contributed by atoms with E-state index in [1.54, 1.807) is 0 Å². The standard InChI is InChI=1S/C13H7F5O/c14-8-3-1-6(5-10(8)16)13(19)7-2-4-9(15)12(18)11(7)17/h1-5,13,19H. The molecule has 0 saturated heterocycles. The summed E-state index contributed by atoms with van der Waals surface area (Å²) in [5.74, 6) is -7.09. The van der Waals surface area contributed by atoms with Crippen LogP contribution < -0.4 is 0 Å². The third kappa shape index (κ3) is 2.44. The number of hydrogen-bond acceptors (Lipinski definition) is 1. The van der Waals surface area contributed by atoms with E-state index in [4.69, 9.17) is 0 Å². The fraction of sp³-hybridized carbons (Fsp3) is 0.0769. The fourth-order valence-corrected chi connectivity index (χ4v) is 1.61. The first-order valence-corrected chi connectivity index (χ1v) is 5.18. The molecule has 19 heavy (non-hydrogen) atoms. The van der Waals surface area contributed by atoms with Crippen molar-refractivity contribution in [3.63, 3.8) is 0 Å². The minimum atomic E-state index is -1.74. The van der Waals surface area contributed by atoms with Crippen LogP contribution in [0.15, 0.2) is 30.3 Å². The van der Waals surface area contributed by atoms with Crippen LogP contribution in [0.25, 0.3) is 0 Å². The molecule has 0 aliphatic rings. The Morgan fingerprint density at radius 3 is 2.00 bits per heavy atom. The van der Waals surface area contributed by atoms with Gasteiger partial charge in [0.2, 0.25) is 0 Å². The number of halogens is 5. The second kappa shape index (κ2) is 4.97. The van der Waals surface area contributed by atoms with Gasteiger partial charge in [0.15, 0.2) is 29.1 Å².